The number of likely N-dealkylation sites (tertiary alicyclic amines) is 1. The van der Waals surface area contributed by atoms with Crippen LogP contribution in [0.4, 0.5) is 13.2 Å². The molecular weight excluding hydrogens is 325 g/mol. The molecule has 0 radical (unpaired) electrons. The van der Waals surface area contributed by atoms with Crippen LogP contribution < -0.4 is 10.5 Å². The predicted molar refractivity (Wildman–Crippen MR) is 77.9 cm³/mol. The molecule has 130 valence electrons. The van der Waals surface area contributed by atoms with Crippen LogP contribution in [0, 0.1) is 11.8 Å². The van der Waals surface area contributed by atoms with E-state index in [1.165, 1.54) is 12.1 Å². The van der Waals surface area contributed by atoms with Gasteiger partial charge in [-0.2, -0.15) is 0 Å². The summed E-state index contributed by atoms with van der Waals surface area (Å²) < 4.78 is 41.5. The number of benzene rings is 1. The lowest BCUT2D eigenvalue weighted by atomic mass is 10.1. The van der Waals surface area contributed by atoms with Crippen LogP contribution in [-0.2, 0) is 9.59 Å². The van der Waals surface area contributed by atoms with Crippen LogP contribution in [0.3, 0.4) is 0 Å². The van der Waals surface area contributed by atoms with E-state index < -0.39 is 12.3 Å². The molecule has 0 aromatic heterocycles. The molecule has 1 aliphatic carbocycles. The Balaban J connectivity index is 1.68. The first-order valence-electron chi connectivity index (χ1n) is 7.69. The maximum atomic E-state index is 12.5. The third-order valence-corrected chi connectivity index (χ3v) is 4.55. The van der Waals surface area contributed by atoms with Crippen LogP contribution in [0.1, 0.15) is 24.3 Å². The monoisotopic (exact) mass is 342 g/mol. The quantitative estimate of drug-likeness (QED) is 0.910. The maximum Gasteiger partial charge on any atom is 0.573 e. The van der Waals surface area contributed by atoms with Crippen LogP contribution in [0.2, 0.25) is 0 Å². The summed E-state index contributed by atoms with van der Waals surface area (Å²) in [5, 5.41) is 0. The van der Waals surface area contributed by atoms with Gasteiger partial charge in [-0.3, -0.25) is 9.59 Å². The Hall–Kier alpha value is -2.25. The van der Waals surface area contributed by atoms with Gasteiger partial charge in [0.2, 0.25) is 11.8 Å². The van der Waals surface area contributed by atoms with Crippen molar-refractivity contribution in [2.75, 3.05) is 13.1 Å². The molecule has 2 fully saturated rings. The van der Waals surface area contributed by atoms with Gasteiger partial charge in [-0.25, -0.2) is 0 Å². The molecule has 0 spiro atoms. The Morgan fingerprint density at radius 2 is 1.96 bits per heavy atom. The largest absolute Gasteiger partial charge is 0.573 e. The zero-order valence-corrected chi connectivity index (χ0v) is 12.8. The predicted octanol–water partition coefficient (Wildman–Crippen LogP) is 2.02. The summed E-state index contributed by atoms with van der Waals surface area (Å²) in [6.07, 6.45) is -3.75. The number of hydrogen-bond acceptors (Lipinski definition) is 3. The number of nitrogens with two attached hydrogens (primary N) is 1. The summed E-state index contributed by atoms with van der Waals surface area (Å²) in [4.78, 5) is 25.2. The lowest BCUT2D eigenvalue weighted by Gasteiger charge is -2.17. The first kappa shape index (κ1) is 16.6. The SMILES string of the molecule is NC(=O)[C@@H]1CCN(C(=O)[C@@H]2C[C@@H]2c2ccccc2OC(F)(F)F)C1. The number of amides is 2. The van der Waals surface area contributed by atoms with E-state index in [0.717, 1.165) is 0 Å². The van der Waals surface area contributed by atoms with Gasteiger partial charge >= 0.3 is 6.36 Å². The second-order valence-electron chi connectivity index (χ2n) is 6.21. The van der Waals surface area contributed by atoms with Crippen LogP contribution in [0.25, 0.3) is 0 Å². The van der Waals surface area contributed by atoms with Crippen molar-refractivity contribution in [2.24, 2.45) is 17.6 Å². The number of rotatable bonds is 4. The Kier molecular flexibility index (Phi) is 4.15. The second-order valence-corrected chi connectivity index (χ2v) is 6.21. The van der Waals surface area contributed by atoms with E-state index in [2.05, 4.69) is 4.74 Å². The summed E-state index contributed by atoms with van der Waals surface area (Å²) in [6.45, 7) is 0.744. The Morgan fingerprint density at radius 1 is 1.25 bits per heavy atom. The van der Waals surface area contributed by atoms with Gasteiger partial charge in [0.1, 0.15) is 5.75 Å². The van der Waals surface area contributed by atoms with Crippen molar-refractivity contribution in [3.63, 3.8) is 0 Å². The van der Waals surface area contributed by atoms with Crippen molar-refractivity contribution >= 4 is 11.8 Å². The third kappa shape index (κ3) is 3.47. The topological polar surface area (TPSA) is 72.6 Å². The van der Waals surface area contributed by atoms with Gasteiger partial charge in [0.05, 0.1) is 5.92 Å². The average Bonchev–Trinajstić information content (AvgIpc) is 3.12. The number of halogens is 3. The number of nitrogens with zero attached hydrogens (tertiary/aromatic N) is 1. The number of ether oxygens (including phenoxy) is 1. The van der Waals surface area contributed by atoms with E-state index in [0.29, 0.717) is 24.9 Å². The second kappa shape index (κ2) is 5.99. The van der Waals surface area contributed by atoms with Gasteiger partial charge in [-0.1, -0.05) is 18.2 Å². The first-order valence-corrected chi connectivity index (χ1v) is 7.69. The molecule has 1 aliphatic heterocycles. The summed E-state index contributed by atoms with van der Waals surface area (Å²) in [6, 6.07) is 5.88. The summed E-state index contributed by atoms with van der Waals surface area (Å²) in [7, 11) is 0. The van der Waals surface area contributed by atoms with Crippen molar-refractivity contribution in [3.05, 3.63) is 29.8 Å². The average molecular weight is 342 g/mol. The number of carbonyl (C=O) groups excluding carboxylic acids is 2. The molecule has 3 atom stereocenters. The molecular formula is C16H17F3N2O3. The molecule has 0 bridgehead atoms. The number of carbonyl (C=O) groups is 2. The Labute approximate surface area is 136 Å². The minimum atomic E-state index is -4.77. The van der Waals surface area contributed by atoms with Crippen LogP contribution in [0.5, 0.6) is 5.75 Å². The summed E-state index contributed by atoms with van der Waals surface area (Å²) in [5.74, 6) is -1.82. The molecule has 2 N–H and O–H groups in total. The molecule has 1 aromatic rings. The number of para-hydroxylation sites is 1. The molecule has 1 aromatic carbocycles. The van der Waals surface area contributed by atoms with E-state index in [4.69, 9.17) is 5.73 Å². The maximum absolute atomic E-state index is 12.5. The molecule has 3 rings (SSSR count). The van der Waals surface area contributed by atoms with Crippen molar-refractivity contribution in [1.29, 1.82) is 0 Å². The van der Waals surface area contributed by atoms with E-state index >= 15 is 0 Å². The van der Waals surface area contributed by atoms with Gasteiger partial charge in [0.25, 0.3) is 0 Å². The summed E-state index contributed by atoms with van der Waals surface area (Å²) >= 11 is 0. The van der Waals surface area contributed by atoms with Gasteiger partial charge in [-0.15, -0.1) is 13.2 Å². The first-order chi connectivity index (χ1) is 11.3. The number of alkyl halides is 3. The van der Waals surface area contributed by atoms with Gasteiger partial charge in [0.15, 0.2) is 0 Å². The minimum absolute atomic E-state index is 0.134. The fraction of sp³-hybridized carbons (Fsp3) is 0.500. The normalized spacial score (nSPS) is 26.3. The highest BCUT2D eigenvalue weighted by Crippen LogP contribution is 2.52. The Morgan fingerprint density at radius 3 is 2.58 bits per heavy atom. The van der Waals surface area contributed by atoms with Gasteiger partial charge in [0, 0.05) is 19.0 Å². The van der Waals surface area contributed by atoms with Crippen LogP contribution >= 0.6 is 0 Å². The number of hydrogen-bond donors (Lipinski definition) is 1. The molecule has 8 heteroatoms. The van der Waals surface area contributed by atoms with E-state index in [9.17, 15) is 22.8 Å². The van der Waals surface area contributed by atoms with E-state index in [-0.39, 0.29) is 36.0 Å². The van der Waals surface area contributed by atoms with Crippen LogP contribution in [-0.4, -0.2) is 36.2 Å². The molecule has 0 unspecified atom stereocenters. The lowest BCUT2D eigenvalue weighted by Crippen LogP contribution is -2.33. The highest BCUT2D eigenvalue weighted by atomic mass is 19.4. The van der Waals surface area contributed by atoms with Crippen molar-refractivity contribution < 1.29 is 27.5 Å². The highest BCUT2D eigenvalue weighted by Gasteiger charge is 2.48. The standard InChI is InChI=1S/C16H17F3N2O3/c17-16(18,19)24-13-4-2-1-3-10(13)11-7-12(11)15(23)21-6-5-9(8-21)14(20)22/h1-4,9,11-12H,5-8H2,(H2,20,22)/t9-,11-,12-/m1/s1. The zero-order valence-electron chi connectivity index (χ0n) is 12.8. The van der Waals surface area contributed by atoms with Gasteiger partial charge in [-0.05, 0) is 30.4 Å². The highest BCUT2D eigenvalue weighted by molar-refractivity contribution is 5.85. The number of primary amides is 1. The fourth-order valence-electron chi connectivity index (χ4n) is 3.24. The Bertz CT molecular complexity index is 662. The molecule has 1 saturated carbocycles. The van der Waals surface area contributed by atoms with E-state index in [1.54, 1.807) is 17.0 Å². The molecule has 5 nitrogen and oxygen atoms in total. The molecule has 2 aliphatic rings. The fourth-order valence-corrected chi connectivity index (χ4v) is 3.24. The molecule has 2 amide bonds. The smallest absolute Gasteiger partial charge is 0.405 e. The molecule has 1 saturated heterocycles. The van der Waals surface area contributed by atoms with E-state index in [1.807, 2.05) is 0 Å². The van der Waals surface area contributed by atoms with Gasteiger partial charge < -0.3 is 15.4 Å². The van der Waals surface area contributed by atoms with Crippen LogP contribution in [0.15, 0.2) is 24.3 Å². The van der Waals surface area contributed by atoms with Crippen molar-refractivity contribution in [3.8, 4) is 5.75 Å². The molecule has 1 heterocycles. The minimum Gasteiger partial charge on any atom is -0.405 e. The third-order valence-electron chi connectivity index (χ3n) is 4.55. The zero-order chi connectivity index (χ0) is 17.5. The summed E-state index contributed by atoms with van der Waals surface area (Å²) in [5.41, 5.74) is 5.64. The lowest BCUT2D eigenvalue weighted by molar-refractivity contribution is -0.274. The van der Waals surface area contributed by atoms with Crippen molar-refractivity contribution in [2.45, 2.75) is 25.1 Å². The van der Waals surface area contributed by atoms with Crippen molar-refractivity contribution in [1.82, 2.24) is 4.90 Å². The molecule has 24 heavy (non-hydrogen) atoms.